The monoisotopic (exact) mass is 285 g/mol. The van der Waals surface area contributed by atoms with E-state index in [2.05, 4.69) is 10.0 Å². The number of carbonyl (C=O) groups is 1. The molecule has 0 aliphatic carbocycles. The van der Waals surface area contributed by atoms with Crippen molar-refractivity contribution >= 4 is 29.3 Å². The van der Waals surface area contributed by atoms with Gasteiger partial charge in [0, 0.05) is 27.5 Å². The van der Waals surface area contributed by atoms with E-state index in [0.29, 0.717) is 10.8 Å². The number of ether oxygens (including phenoxy) is 1. The molecule has 0 fully saturated rings. The number of hydrogen-bond acceptors (Lipinski definition) is 4. The van der Waals surface area contributed by atoms with Gasteiger partial charge in [-0.3, -0.25) is 4.79 Å². The van der Waals surface area contributed by atoms with Gasteiger partial charge in [0.25, 0.3) is 0 Å². The molecule has 0 heterocycles. The lowest BCUT2D eigenvalue weighted by Gasteiger charge is -2.14. The van der Waals surface area contributed by atoms with Crippen LogP contribution in [-0.2, 0) is 9.53 Å². The zero-order valence-electron chi connectivity index (χ0n) is 9.75. The van der Waals surface area contributed by atoms with Crippen LogP contribution < -0.4 is 0 Å². The first kappa shape index (κ1) is 14.7. The Kier molecular flexibility index (Phi) is 6.43. The summed E-state index contributed by atoms with van der Waals surface area (Å²) in [7, 11) is 0. The molecule has 1 atom stereocenters. The van der Waals surface area contributed by atoms with Crippen LogP contribution in [0.25, 0.3) is 10.4 Å². The van der Waals surface area contributed by atoms with Gasteiger partial charge in [0.15, 0.2) is 0 Å². The molecule has 0 aliphatic heterocycles. The normalized spacial score (nSPS) is 11.4. The van der Waals surface area contributed by atoms with Crippen LogP contribution in [0.1, 0.15) is 6.92 Å². The molecule has 1 aromatic rings. The van der Waals surface area contributed by atoms with E-state index in [4.69, 9.17) is 21.9 Å². The number of azide groups is 1. The minimum Gasteiger partial charge on any atom is -0.462 e. The van der Waals surface area contributed by atoms with Crippen LogP contribution in [-0.4, -0.2) is 24.4 Å². The maximum atomic E-state index is 10.9. The molecule has 0 aromatic heterocycles. The summed E-state index contributed by atoms with van der Waals surface area (Å²) in [6.07, 6.45) is -0.418. The number of carbonyl (C=O) groups excluding carboxylic acids is 1. The van der Waals surface area contributed by atoms with E-state index < -0.39 is 6.10 Å². The first-order valence-corrected chi connectivity index (χ1v) is 6.54. The molecule has 0 unspecified atom stereocenters. The molecular formula is C11H12ClN3O2S. The summed E-state index contributed by atoms with van der Waals surface area (Å²) < 4.78 is 5.05. The number of nitrogens with zero attached hydrogens (tertiary/aromatic N) is 3. The largest absolute Gasteiger partial charge is 0.462 e. The molecule has 0 bridgehead atoms. The van der Waals surface area contributed by atoms with Gasteiger partial charge in [-0.2, -0.15) is 0 Å². The molecule has 0 saturated carbocycles. The highest BCUT2D eigenvalue weighted by Gasteiger charge is 2.11. The van der Waals surface area contributed by atoms with Crippen molar-refractivity contribution < 1.29 is 9.53 Å². The molecule has 0 aliphatic rings. The SMILES string of the molecule is CC(=O)O[C@H](CN=[N+]=[N-])CSc1ccc(Cl)cc1. The molecule has 7 heteroatoms. The summed E-state index contributed by atoms with van der Waals surface area (Å²) in [5, 5.41) is 4.09. The first-order valence-electron chi connectivity index (χ1n) is 5.18. The van der Waals surface area contributed by atoms with Crippen molar-refractivity contribution in [2.24, 2.45) is 5.11 Å². The Morgan fingerprint density at radius 2 is 2.22 bits per heavy atom. The fourth-order valence-corrected chi connectivity index (χ4v) is 2.21. The van der Waals surface area contributed by atoms with Crippen LogP contribution in [0.2, 0.25) is 5.02 Å². The molecule has 5 nitrogen and oxygen atoms in total. The summed E-state index contributed by atoms with van der Waals surface area (Å²) >= 11 is 7.29. The van der Waals surface area contributed by atoms with E-state index in [9.17, 15) is 4.79 Å². The number of esters is 1. The third-order valence-electron chi connectivity index (χ3n) is 1.93. The number of hydrogen-bond donors (Lipinski definition) is 0. The Morgan fingerprint density at radius 1 is 1.56 bits per heavy atom. The average molecular weight is 286 g/mol. The van der Waals surface area contributed by atoms with Crippen molar-refractivity contribution in [3.8, 4) is 0 Å². The molecular weight excluding hydrogens is 274 g/mol. The fourth-order valence-electron chi connectivity index (χ4n) is 1.21. The summed E-state index contributed by atoms with van der Waals surface area (Å²) in [6.45, 7) is 1.46. The van der Waals surface area contributed by atoms with Gasteiger partial charge in [-0.25, -0.2) is 0 Å². The molecule has 96 valence electrons. The van der Waals surface area contributed by atoms with Crippen molar-refractivity contribution in [1.29, 1.82) is 0 Å². The molecule has 0 amide bonds. The smallest absolute Gasteiger partial charge is 0.302 e. The lowest BCUT2D eigenvalue weighted by Crippen LogP contribution is -2.22. The third kappa shape index (κ3) is 5.82. The number of benzene rings is 1. The quantitative estimate of drug-likeness (QED) is 0.263. The molecule has 0 radical (unpaired) electrons. The van der Waals surface area contributed by atoms with Gasteiger partial charge in [0.1, 0.15) is 6.10 Å². The zero-order valence-corrected chi connectivity index (χ0v) is 11.3. The number of halogens is 1. The second-order valence-electron chi connectivity index (χ2n) is 3.41. The van der Waals surface area contributed by atoms with Crippen molar-refractivity contribution in [2.45, 2.75) is 17.9 Å². The van der Waals surface area contributed by atoms with Gasteiger partial charge in [0.2, 0.25) is 0 Å². The standard InChI is InChI=1S/C11H12ClN3O2S/c1-8(16)17-10(6-14-15-13)7-18-11-4-2-9(12)3-5-11/h2-5,10H,6-7H2,1H3/t10-/m1/s1. The van der Waals surface area contributed by atoms with Crippen LogP contribution >= 0.6 is 23.4 Å². The highest BCUT2D eigenvalue weighted by atomic mass is 35.5. The van der Waals surface area contributed by atoms with E-state index in [-0.39, 0.29) is 12.5 Å². The number of rotatable bonds is 6. The van der Waals surface area contributed by atoms with Crippen LogP contribution in [0.15, 0.2) is 34.3 Å². The molecule has 1 rings (SSSR count). The van der Waals surface area contributed by atoms with Crippen molar-refractivity contribution in [1.82, 2.24) is 0 Å². The molecule has 0 N–H and O–H groups in total. The van der Waals surface area contributed by atoms with E-state index in [1.807, 2.05) is 12.1 Å². The van der Waals surface area contributed by atoms with Gasteiger partial charge >= 0.3 is 5.97 Å². The zero-order chi connectivity index (χ0) is 13.4. The van der Waals surface area contributed by atoms with Gasteiger partial charge in [-0.05, 0) is 29.8 Å². The topological polar surface area (TPSA) is 75.1 Å². The Bertz CT molecular complexity index is 442. The lowest BCUT2D eigenvalue weighted by atomic mass is 10.4. The van der Waals surface area contributed by atoms with Crippen molar-refractivity contribution in [2.75, 3.05) is 12.3 Å². The Morgan fingerprint density at radius 3 is 2.78 bits per heavy atom. The lowest BCUT2D eigenvalue weighted by molar-refractivity contribution is -0.144. The van der Waals surface area contributed by atoms with Crippen molar-refractivity contribution in [3.63, 3.8) is 0 Å². The molecule has 0 saturated heterocycles. The number of thioether (sulfide) groups is 1. The Hall–Kier alpha value is -1.36. The van der Waals surface area contributed by atoms with E-state index in [1.165, 1.54) is 18.7 Å². The second kappa shape index (κ2) is 7.87. The highest BCUT2D eigenvalue weighted by Crippen LogP contribution is 2.21. The minimum absolute atomic E-state index is 0.136. The fraction of sp³-hybridized carbons (Fsp3) is 0.364. The van der Waals surface area contributed by atoms with Crippen LogP contribution in [0.4, 0.5) is 0 Å². The third-order valence-corrected chi connectivity index (χ3v) is 3.33. The second-order valence-corrected chi connectivity index (χ2v) is 4.94. The van der Waals surface area contributed by atoms with E-state index in [1.54, 1.807) is 12.1 Å². The summed E-state index contributed by atoms with van der Waals surface area (Å²) in [4.78, 5) is 14.6. The summed E-state index contributed by atoms with van der Waals surface area (Å²) in [5.74, 6) is 0.144. The van der Waals surface area contributed by atoms with Gasteiger partial charge in [-0.15, -0.1) is 11.8 Å². The predicted octanol–water partition coefficient (Wildman–Crippen LogP) is 3.67. The summed E-state index contributed by atoms with van der Waals surface area (Å²) in [6, 6.07) is 7.34. The molecule has 1 aromatic carbocycles. The molecule has 0 spiro atoms. The maximum absolute atomic E-state index is 10.9. The Labute approximate surface area is 114 Å². The van der Waals surface area contributed by atoms with Gasteiger partial charge < -0.3 is 4.74 Å². The summed E-state index contributed by atoms with van der Waals surface area (Å²) in [5.41, 5.74) is 8.26. The van der Waals surface area contributed by atoms with E-state index in [0.717, 1.165) is 4.90 Å². The van der Waals surface area contributed by atoms with Gasteiger partial charge in [-0.1, -0.05) is 16.7 Å². The predicted molar refractivity (Wildman–Crippen MR) is 71.7 cm³/mol. The maximum Gasteiger partial charge on any atom is 0.302 e. The Balaban J connectivity index is 2.52. The highest BCUT2D eigenvalue weighted by molar-refractivity contribution is 7.99. The van der Waals surface area contributed by atoms with Gasteiger partial charge in [0.05, 0.1) is 6.54 Å². The minimum atomic E-state index is -0.418. The first-order chi connectivity index (χ1) is 8.61. The average Bonchev–Trinajstić information content (AvgIpc) is 2.34. The van der Waals surface area contributed by atoms with Crippen LogP contribution in [0.5, 0.6) is 0 Å². The molecule has 18 heavy (non-hydrogen) atoms. The van der Waals surface area contributed by atoms with E-state index >= 15 is 0 Å². The van der Waals surface area contributed by atoms with Crippen LogP contribution in [0.3, 0.4) is 0 Å². The van der Waals surface area contributed by atoms with Crippen LogP contribution in [0, 0.1) is 0 Å². The van der Waals surface area contributed by atoms with Crippen molar-refractivity contribution in [3.05, 3.63) is 39.7 Å².